The van der Waals surface area contributed by atoms with Crippen LogP contribution in [0.25, 0.3) is 0 Å². The van der Waals surface area contributed by atoms with E-state index < -0.39 is 11.2 Å². The maximum absolute atomic E-state index is 11.3. The first-order valence-electron chi connectivity index (χ1n) is 4.75. The van der Waals surface area contributed by atoms with Gasteiger partial charge in [-0.1, -0.05) is 0 Å². The van der Waals surface area contributed by atoms with Crippen LogP contribution in [0.4, 0.5) is 0 Å². The van der Waals surface area contributed by atoms with Crippen LogP contribution in [0.1, 0.15) is 18.5 Å². The van der Waals surface area contributed by atoms with Gasteiger partial charge in [0.2, 0.25) is 5.91 Å². The predicted molar refractivity (Wildman–Crippen MR) is 52.6 cm³/mol. The molecular formula is C9H11N3O3. The smallest absolute Gasteiger partial charge is 0.325 e. The van der Waals surface area contributed by atoms with E-state index in [0.29, 0.717) is 5.69 Å². The molecule has 6 nitrogen and oxygen atoms in total. The summed E-state index contributed by atoms with van der Waals surface area (Å²) in [5.74, 6) is -0.168. The lowest BCUT2D eigenvalue weighted by Crippen LogP contribution is -2.30. The van der Waals surface area contributed by atoms with E-state index in [0.717, 1.165) is 12.8 Å². The second-order valence-corrected chi connectivity index (χ2v) is 3.63. The number of hydrogen-bond donors (Lipinski definition) is 3. The molecule has 1 saturated carbocycles. The lowest BCUT2D eigenvalue weighted by molar-refractivity contribution is -0.120. The summed E-state index contributed by atoms with van der Waals surface area (Å²) in [5.41, 5.74) is -0.744. The van der Waals surface area contributed by atoms with Gasteiger partial charge in [0.1, 0.15) is 0 Å². The molecule has 0 aliphatic heterocycles. The number of carbonyl (C=O) groups is 1. The zero-order valence-electron chi connectivity index (χ0n) is 8.00. The summed E-state index contributed by atoms with van der Waals surface area (Å²) in [6, 6.07) is 1.50. The maximum atomic E-state index is 11.3. The summed E-state index contributed by atoms with van der Waals surface area (Å²) >= 11 is 0. The summed E-state index contributed by atoms with van der Waals surface area (Å²) in [5, 5.41) is 2.77. The molecule has 15 heavy (non-hydrogen) atoms. The van der Waals surface area contributed by atoms with Gasteiger partial charge in [0.05, 0.1) is 6.42 Å². The van der Waals surface area contributed by atoms with Crippen LogP contribution in [0.2, 0.25) is 0 Å². The minimum Gasteiger partial charge on any atom is -0.353 e. The number of amides is 1. The van der Waals surface area contributed by atoms with Crippen LogP contribution in [0, 0.1) is 0 Å². The van der Waals surface area contributed by atoms with Crippen molar-refractivity contribution >= 4 is 5.91 Å². The topological polar surface area (TPSA) is 94.8 Å². The highest BCUT2D eigenvalue weighted by molar-refractivity contribution is 5.78. The second-order valence-electron chi connectivity index (χ2n) is 3.63. The van der Waals surface area contributed by atoms with Crippen LogP contribution in [-0.4, -0.2) is 21.9 Å². The Kier molecular flexibility index (Phi) is 2.40. The zero-order valence-corrected chi connectivity index (χ0v) is 8.00. The molecule has 0 spiro atoms. The molecule has 3 N–H and O–H groups in total. The Morgan fingerprint density at radius 1 is 1.40 bits per heavy atom. The Balaban J connectivity index is 2.05. The van der Waals surface area contributed by atoms with Gasteiger partial charge >= 0.3 is 5.69 Å². The number of rotatable bonds is 3. The molecule has 1 aliphatic carbocycles. The van der Waals surface area contributed by atoms with Crippen molar-refractivity contribution < 1.29 is 4.79 Å². The van der Waals surface area contributed by atoms with Gasteiger partial charge in [0.15, 0.2) is 0 Å². The fourth-order valence-electron chi connectivity index (χ4n) is 1.29. The summed E-state index contributed by atoms with van der Waals surface area (Å²) in [6.07, 6.45) is 2.06. The van der Waals surface area contributed by atoms with Crippen LogP contribution in [0.3, 0.4) is 0 Å². The van der Waals surface area contributed by atoms with Gasteiger partial charge in [0.25, 0.3) is 5.56 Å². The van der Waals surface area contributed by atoms with Gasteiger partial charge in [0, 0.05) is 17.8 Å². The average molecular weight is 209 g/mol. The van der Waals surface area contributed by atoms with E-state index in [1.807, 2.05) is 4.98 Å². The summed E-state index contributed by atoms with van der Waals surface area (Å²) in [7, 11) is 0. The molecule has 1 aromatic rings. The Hall–Kier alpha value is -1.85. The summed E-state index contributed by atoms with van der Waals surface area (Å²) in [4.78, 5) is 37.6. The normalized spacial score (nSPS) is 14.9. The standard InChI is InChI=1S/C9H11N3O3/c13-7(10-5-1-2-5)3-6-4-8(14)12-9(15)11-6/h4-5H,1-3H2,(H,10,13)(H2,11,12,14,15). The molecule has 1 aliphatic rings. The number of nitrogens with one attached hydrogen (secondary N) is 3. The first-order chi connectivity index (χ1) is 7.13. The number of hydrogen-bond acceptors (Lipinski definition) is 3. The van der Waals surface area contributed by atoms with E-state index in [1.54, 1.807) is 0 Å². The molecule has 6 heteroatoms. The molecule has 1 fully saturated rings. The van der Waals surface area contributed by atoms with E-state index in [-0.39, 0.29) is 18.4 Å². The lowest BCUT2D eigenvalue weighted by atomic mass is 10.3. The molecule has 1 heterocycles. The SMILES string of the molecule is O=C(Cc1cc(=O)[nH]c(=O)[nH]1)NC1CC1. The number of aromatic nitrogens is 2. The van der Waals surface area contributed by atoms with Crippen molar-refractivity contribution in [2.24, 2.45) is 0 Å². The Bertz CT molecular complexity index is 456. The molecule has 0 aromatic carbocycles. The predicted octanol–water partition coefficient (Wildman–Crippen LogP) is -1.12. The highest BCUT2D eigenvalue weighted by Crippen LogP contribution is 2.18. The maximum Gasteiger partial charge on any atom is 0.325 e. The third kappa shape index (κ3) is 2.80. The lowest BCUT2D eigenvalue weighted by Gasteiger charge is -2.02. The van der Waals surface area contributed by atoms with Crippen LogP contribution in [0.5, 0.6) is 0 Å². The third-order valence-corrected chi connectivity index (χ3v) is 2.11. The quantitative estimate of drug-likeness (QED) is 0.588. The van der Waals surface area contributed by atoms with E-state index in [4.69, 9.17) is 0 Å². The van der Waals surface area contributed by atoms with Crippen LogP contribution in [0.15, 0.2) is 15.7 Å². The molecule has 1 amide bonds. The summed E-state index contributed by atoms with van der Waals surface area (Å²) < 4.78 is 0. The van der Waals surface area contributed by atoms with Crippen LogP contribution < -0.4 is 16.6 Å². The van der Waals surface area contributed by atoms with E-state index >= 15 is 0 Å². The third-order valence-electron chi connectivity index (χ3n) is 2.11. The Morgan fingerprint density at radius 2 is 2.13 bits per heavy atom. The van der Waals surface area contributed by atoms with Gasteiger partial charge in [-0.25, -0.2) is 4.79 Å². The summed E-state index contributed by atoms with van der Waals surface area (Å²) in [6.45, 7) is 0. The minimum absolute atomic E-state index is 0.0374. The molecule has 0 radical (unpaired) electrons. The average Bonchev–Trinajstić information content (AvgIpc) is 2.85. The van der Waals surface area contributed by atoms with Crippen molar-refractivity contribution in [3.8, 4) is 0 Å². The van der Waals surface area contributed by atoms with Crippen LogP contribution in [-0.2, 0) is 11.2 Å². The minimum atomic E-state index is -0.586. The largest absolute Gasteiger partial charge is 0.353 e. The van der Waals surface area contributed by atoms with Crippen molar-refractivity contribution in [1.82, 2.24) is 15.3 Å². The van der Waals surface area contributed by atoms with Gasteiger partial charge in [-0.2, -0.15) is 0 Å². The molecule has 1 aromatic heterocycles. The zero-order chi connectivity index (χ0) is 10.8. The first-order valence-corrected chi connectivity index (χ1v) is 4.75. The molecule has 80 valence electrons. The fourth-order valence-corrected chi connectivity index (χ4v) is 1.29. The molecule has 2 rings (SSSR count). The van der Waals surface area contributed by atoms with Gasteiger partial charge in [-0.15, -0.1) is 0 Å². The first kappa shape index (κ1) is 9.70. The number of carbonyl (C=O) groups excluding carboxylic acids is 1. The highest BCUT2D eigenvalue weighted by atomic mass is 16.2. The van der Waals surface area contributed by atoms with E-state index in [9.17, 15) is 14.4 Å². The number of H-pyrrole nitrogens is 2. The van der Waals surface area contributed by atoms with Crippen molar-refractivity contribution in [3.63, 3.8) is 0 Å². The molecule has 0 saturated heterocycles. The van der Waals surface area contributed by atoms with Crippen LogP contribution >= 0.6 is 0 Å². The Labute approximate surface area is 84.7 Å². The van der Waals surface area contributed by atoms with Crippen molar-refractivity contribution in [1.29, 1.82) is 0 Å². The van der Waals surface area contributed by atoms with Crippen molar-refractivity contribution in [3.05, 3.63) is 32.6 Å². The van der Waals surface area contributed by atoms with Crippen molar-refractivity contribution in [2.75, 3.05) is 0 Å². The van der Waals surface area contributed by atoms with Crippen molar-refractivity contribution in [2.45, 2.75) is 25.3 Å². The monoisotopic (exact) mass is 209 g/mol. The molecule has 0 unspecified atom stereocenters. The molecular weight excluding hydrogens is 198 g/mol. The molecule has 0 bridgehead atoms. The highest BCUT2D eigenvalue weighted by Gasteiger charge is 2.23. The number of aromatic amines is 2. The second kappa shape index (κ2) is 3.72. The van der Waals surface area contributed by atoms with Gasteiger partial charge < -0.3 is 10.3 Å². The van der Waals surface area contributed by atoms with E-state index in [2.05, 4.69) is 10.3 Å². The van der Waals surface area contributed by atoms with Gasteiger partial charge in [-0.3, -0.25) is 14.6 Å². The Morgan fingerprint density at radius 3 is 2.73 bits per heavy atom. The van der Waals surface area contributed by atoms with E-state index in [1.165, 1.54) is 6.07 Å². The van der Waals surface area contributed by atoms with Gasteiger partial charge in [-0.05, 0) is 12.8 Å². The fraction of sp³-hybridized carbons (Fsp3) is 0.444. The molecule has 0 atom stereocenters.